The van der Waals surface area contributed by atoms with E-state index in [4.69, 9.17) is 5.73 Å². The highest BCUT2D eigenvalue weighted by Gasteiger charge is 2.24. The van der Waals surface area contributed by atoms with Crippen LogP contribution in [-0.2, 0) is 30.7 Å². The Hall–Kier alpha value is -4.21. The Kier molecular flexibility index (Phi) is 9.52. The number of nitrogens with zero attached hydrogens (tertiary/aromatic N) is 3. The van der Waals surface area contributed by atoms with E-state index >= 15 is 0 Å². The van der Waals surface area contributed by atoms with Gasteiger partial charge in [-0.05, 0) is 47.7 Å². The van der Waals surface area contributed by atoms with Crippen LogP contribution in [0.25, 0.3) is 11.3 Å². The first-order valence-electron chi connectivity index (χ1n) is 13.1. The zero-order valence-electron chi connectivity index (χ0n) is 22.2. The van der Waals surface area contributed by atoms with Crippen LogP contribution in [-0.4, -0.2) is 44.4 Å². The second-order valence-electron chi connectivity index (χ2n) is 9.74. The fourth-order valence-electron chi connectivity index (χ4n) is 4.47. The van der Waals surface area contributed by atoms with Crippen LogP contribution in [0.2, 0.25) is 0 Å². The van der Waals surface area contributed by atoms with Crippen molar-refractivity contribution in [2.75, 3.05) is 6.54 Å². The van der Waals surface area contributed by atoms with Crippen LogP contribution in [0.3, 0.4) is 0 Å². The monoisotopic (exact) mass is 546 g/mol. The molecule has 0 spiro atoms. The summed E-state index contributed by atoms with van der Waals surface area (Å²) < 4.78 is 28.4. The van der Waals surface area contributed by atoms with Gasteiger partial charge in [0, 0.05) is 36.8 Å². The number of aliphatic hydroxyl groups is 1. The number of aryl methyl sites for hydroxylation is 1. The number of hydrogen-bond donors (Lipinski definition) is 2. The van der Waals surface area contributed by atoms with E-state index in [1.165, 1.54) is 11.0 Å². The smallest absolute Gasteiger partial charge is 0.267 e. The molecule has 0 aliphatic carbocycles. The first-order chi connectivity index (χ1) is 19.2. The van der Waals surface area contributed by atoms with Gasteiger partial charge in [-0.3, -0.25) is 9.59 Å². The van der Waals surface area contributed by atoms with E-state index in [0.29, 0.717) is 11.3 Å². The summed E-state index contributed by atoms with van der Waals surface area (Å²) in [4.78, 5) is 27.6. The molecule has 9 heteroatoms. The van der Waals surface area contributed by atoms with Gasteiger partial charge in [0.1, 0.15) is 18.2 Å². The summed E-state index contributed by atoms with van der Waals surface area (Å²) in [7, 11) is 0. The molecule has 1 heterocycles. The standard InChI is InChI=1S/C31H32F2N4O3/c1-2-21-7-6-8-22(13-21)18-36(19-29(38)27(34)16-23-14-25(32)17-26(33)15-23)31(40)20-37-30(39)12-11-28(35-37)24-9-4-3-5-10-24/h3-15,17,27,29,38H,2,16,18-20,34H2,1H3/t27-,29+/m0/s1. The van der Waals surface area contributed by atoms with E-state index < -0.39 is 35.2 Å². The molecule has 7 nitrogen and oxygen atoms in total. The minimum atomic E-state index is -1.20. The van der Waals surface area contributed by atoms with Crippen LogP contribution >= 0.6 is 0 Å². The van der Waals surface area contributed by atoms with Crippen LogP contribution in [0.4, 0.5) is 8.78 Å². The molecule has 1 amide bonds. The lowest BCUT2D eigenvalue weighted by molar-refractivity contribution is -0.134. The Labute approximate surface area is 231 Å². The van der Waals surface area contributed by atoms with Crippen molar-refractivity contribution < 1.29 is 18.7 Å². The molecular formula is C31H32F2N4O3. The molecule has 40 heavy (non-hydrogen) atoms. The molecule has 0 saturated heterocycles. The minimum Gasteiger partial charge on any atom is -0.390 e. The highest BCUT2D eigenvalue weighted by Crippen LogP contribution is 2.16. The molecule has 3 N–H and O–H groups in total. The molecule has 0 radical (unpaired) electrons. The maximum atomic E-state index is 13.6. The predicted octanol–water partition coefficient (Wildman–Crippen LogP) is 3.71. The third-order valence-corrected chi connectivity index (χ3v) is 6.64. The van der Waals surface area contributed by atoms with Crippen molar-refractivity contribution in [1.82, 2.24) is 14.7 Å². The number of nitrogens with two attached hydrogens (primary N) is 1. The molecule has 0 saturated carbocycles. The summed E-state index contributed by atoms with van der Waals surface area (Å²) in [6.45, 7) is 1.70. The van der Waals surface area contributed by atoms with Crippen LogP contribution in [0.1, 0.15) is 23.6 Å². The summed E-state index contributed by atoms with van der Waals surface area (Å²) in [6.07, 6.45) is -0.390. The molecule has 3 aromatic carbocycles. The van der Waals surface area contributed by atoms with Crippen molar-refractivity contribution >= 4 is 5.91 Å². The Bertz CT molecular complexity index is 1490. The molecule has 208 valence electrons. The predicted molar refractivity (Wildman–Crippen MR) is 149 cm³/mol. The lowest BCUT2D eigenvalue weighted by Crippen LogP contribution is -2.47. The molecule has 4 rings (SSSR count). The quantitative estimate of drug-likeness (QED) is 0.299. The zero-order chi connectivity index (χ0) is 28.6. The van der Waals surface area contributed by atoms with Gasteiger partial charge in [0.15, 0.2) is 0 Å². The summed E-state index contributed by atoms with van der Waals surface area (Å²) in [5.41, 5.74) is 9.33. The largest absolute Gasteiger partial charge is 0.390 e. The lowest BCUT2D eigenvalue weighted by Gasteiger charge is -2.28. The van der Waals surface area contributed by atoms with Crippen molar-refractivity contribution in [3.8, 4) is 11.3 Å². The SMILES string of the molecule is CCc1cccc(CN(C[C@@H](O)[C@@H](N)Cc2cc(F)cc(F)c2)C(=O)Cn2nc(-c3ccccc3)ccc2=O)c1. The number of carbonyl (C=O) groups is 1. The Morgan fingerprint density at radius 1 is 0.950 bits per heavy atom. The summed E-state index contributed by atoms with van der Waals surface area (Å²) in [6, 6.07) is 22.2. The van der Waals surface area contributed by atoms with E-state index in [1.54, 1.807) is 6.07 Å². The van der Waals surface area contributed by atoms with Gasteiger partial charge in [-0.1, -0.05) is 61.5 Å². The molecule has 0 fully saturated rings. The highest BCUT2D eigenvalue weighted by atomic mass is 19.1. The molecule has 2 atom stereocenters. The van der Waals surface area contributed by atoms with Gasteiger partial charge < -0.3 is 15.7 Å². The lowest BCUT2D eigenvalue weighted by atomic mass is 10.0. The molecule has 1 aromatic heterocycles. The summed E-state index contributed by atoms with van der Waals surface area (Å²) in [5, 5.41) is 15.3. The number of aromatic nitrogens is 2. The number of carbonyl (C=O) groups excluding carboxylic acids is 1. The number of amides is 1. The third-order valence-electron chi connectivity index (χ3n) is 6.64. The van der Waals surface area contributed by atoms with E-state index in [2.05, 4.69) is 5.10 Å². The number of benzene rings is 3. The molecular weight excluding hydrogens is 514 g/mol. The Balaban J connectivity index is 1.56. The van der Waals surface area contributed by atoms with Gasteiger partial charge >= 0.3 is 0 Å². The zero-order valence-corrected chi connectivity index (χ0v) is 22.2. The van der Waals surface area contributed by atoms with Crippen molar-refractivity contribution in [2.45, 2.75) is 45.0 Å². The highest BCUT2D eigenvalue weighted by molar-refractivity contribution is 5.76. The van der Waals surface area contributed by atoms with Gasteiger partial charge in [-0.25, -0.2) is 13.5 Å². The summed E-state index contributed by atoms with van der Waals surface area (Å²) >= 11 is 0. The summed E-state index contributed by atoms with van der Waals surface area (Å²) in [5.74, 6) is -1.91. The average Bonchev–Trinajstić information content (AvgIpc) is 2.93. The van der Waals surface area contributed by atoms with E-state index in [1.807, 2.05) is 61.5 Å². The van der Waals surface area contributed by atoms with Crippen LogP contribution in [0.15, 0.2) is 89.7 Å². The topological polar surface area (TPSA) is 101 Å². The minimum absolute atomic E-state index is 0.00331. The molecule has 0 aliphatic heterocycles. The fraction of sp³-hybridized carbons (Fsp3) is 0.258. The third kappa shape index (κ3) is 7.68. The molecule has 0 bridgehead atoms. The number of rotatable bonds is 11. The van der Waals surface area contributed by atoms with E-state index in [0.717, 1.165) is 46.0 Å². The van der Waals surface area contributed by atoms with Crippen LogP contribution in [0.5, 0.6) is 0 Å². The molecule has 0 aliphatic rings. The van der Waals surface area contributed by atoms with Crippen molar-refractivity contribution in [3.63, 3.8) is 0 Å². The Morgan fingerprint density at radius 2 is 1.65 bits per heavy atom. The molecule has 4 aromatic rings. The van der Waals surface area contributed by atoms with Crippen molar-refractivity contribution in [1.29, 1.82) is 0 Å². The van der Waals surface area contributed by atoms with Gasteiger partial charge in [0.05, 0.1) is 11.8 Å². The van der Waals surface area contributed by atoms with Gasteiger partial charge in [0.25, 0.3) is 5.56 Å². The van der Waals surface area contributed by atoms with Crippen LogP contribution in [0, 0.1) is 11.6 Å². The number of halogens is 2. The first-order valence-corrected chi connectivity index (χ1v) is 13.1. The first kappa shape index (κ1) is 28.8. The number of aliphatic hydroxyl groups excluding tert-OH is 1. The number of hydrogen-bond acceptors (Lipinski definition) is 5. The molecule has 0 unspecified atom stereocenters. The average molecular weight is 547 g/mol. The fourth-order valence-corrected chi connectivity index (χ4v) is 4.47. The van der Waals surface area contributed by atoms with E-state index in [-0.39, 0.29) is 26.1 Å². The second kappa shape index (κ2) is 13.2. The second-order valence-corrected chi connectivity index (χ2v) is 9.74. The van der Waals surface area contributed by atoms with Gasteiger partial charge in [-0.15, -0.1) is 0 Å². The van der Waals surface area contributed by atoms with Crippen molar-refractivity contribution in [3.05, 3.63) is 124 Å². The maximum Gasteiger partial charge on any atom is 0.267 e. The van der Waals surface area contributed by atoms with E-state index in [9.17, 15) is 23.5 Å². The normalized spacial score (nSPS) is 12.6. The van der Waals surface area contributed by atoms with Gasteiger partial charge in [-0.2, -0.15) is 5.10 Å². The Morgan fingerprint density at radius 3 is 2.35 bits per heavy atom. The van der Waals surface area contributed by atoms with Crippen molar-refractivity contribution in [2.24, 2.45) is 5.73 Å². The maximum absolute atomic E-state index is 13.6. The van der Waals surface area contributed by atoms with Crippen LogP contribution < -0.4 is 11.3 Å². The van der Waals surface area contributed by atoms with Gasteiger partial charge in [0.2, 0.25) is 5.91 Å².